The number of alkyl halides is 3. The summed E-state index contributed by atoms with van der Waals surface area (Å²) >= 11 is 1.86. The lowest BCUT2D eigenvalue weighted by atomic mass is 10.1. The van der Waals surface area contributed by atoms with Crippen LogP contribution in [0.1, 0.15) is 11.1 Å². The Bertz CT molecular complexity index is 440. The number of nitriles is 1. The van der Waals surface area contributed by atoms with Crippen molar-refractivity contribution < 1.29 is 17.9 Å². The second kappa shape index (κ2) is 4.86. The Labute approximate surface area is 103 Å². The zero-order valence-corrected chi connectivity index (χ0v) is 10.3. The third kappa shape index (κ3) is 3.23. The summed E-state index contributed by atoms with van der Waals surface area (Å²) in [4.78, 5) is 3.75. The van der Waals surface area contributed by atoms with E-state index in [4.69, 9.17) is 5.26 Å². The summed E-state index contributed by atoms with van der Waals surface area (Å²) in [5.41, 5.74) is 0.753. The quantitative estimate of drug-likeness (QED) is 0.613. The fourth-order valence-corrected chi connectivity index (χ4v) is 1.84. The van der Waals surface area contributed by atoms with Gasteiger partial charge in [0, 0.05) is 5.56 Å². The highest BCUT2D eigenvalue weighted by atomic mass is 127. The summed E-state index contributed by atoms with van der Waals surface area (Å²) in [6, 6.07) is 1.87. The van der Waals surface area contributed by atoms with Crippen LogP contribution in [0.5, 0.6) is 5.75 Å². The molecule has 0 aliphatic heterocycles. The molecule has 0 radical (unpaired) electrons. The molecule has 1 aromatic rings. The van der Waals surface area contributed by atoms with Gasteiger partial charge in [-0.05, 0) is 35.1 Å². The average Bonchev–Trinajstić information content (AvgIpc) is 2.15. The highest BCUT2D eigenvalue weighted by molar-refractivity contribution is 14.1. The van der Waals surface area contributed by atoms with E-state index in [0.717, 1.165) is 6.20 Å². The molecule has 0 amide bonds. The van der Waals surface area contributed by atoms with Gasteiger partial charge in [0.25, 0.3) is 0 Å². The standard InChI is InChI=1S/C9H6F3IN2O/c1-5-6(2-3-14)8(13)15-4-7(5)16-9(10,11)12/h4H,2H2,1H3. The van der Waals surface area contributed by atoms with Gasteiger partial charge in [-0.1, -0.05) is 0 Å². The molecule has 0 aliphatic rings. The lowest BCUT2D eigenvalue weighted by Gasteiger charge is -2.13. The molecule has 0 saturated carbocycles. The van der Waals surface area contributed by atoms with Crippen LogP contribution in [0, 0.1) is 22.0 Å². The number of aromatic nitrogens is 1. The summed E-state index contributed by atoms with van der Waals surface area (Å²) in [6.45, 7) is 1.47. The molecular weight excluding hydrogens is 336 g/mol. The van der Waals surface area contributed by atoms with Crippen molar-refractivity contribution in [3.05, 3.63) is 21.0 Å². The summed E-state index contributed by atoms with van der Waals surface area (Å²) in [5, 5.41) is 8.55. The van der Waals surface area contributed by atoms with Crippen molar-refractivity contribution in [1.29, 1.82) is 5.26 Å². The topological polar surface area (TPSA) is 45.9 Å². The maximum Gasteiger partial charge on any atom is 0.573 e. The van der Waals surface area contributed by atoms with Crippen molar-refractivity contribution in [1.82, 2.24) is 4.98 Å². The molecular formula is C9H6F3IN2O. The lowest BCUT2D eigenvalue weighted by Crippen LogP contribution is -2.18. The van der Waals surface area contributed by atoms with Crippen LogP contribution in [0.3, 0.4) is 0 Å². The first-order valence-electron chi connectivity index (χ1n) is 4.12. The summed E-state index contributed by atoms with van der Waals surface area (Å²) in [6.07, 6.45) is -3.74. The predicted octanol–water partition coefficient (Wildman–Crippen LogP) is 2.96. The third-order valence-electron chi connectivity index (χ3n) is 1.85. The van der Waals surface area contributed by atoms with Crippen LogP contribution in [0.25, 0.3) is 0 Å². The fraction of sp³-hybridized carbons (Fsp3) is 0.333. The average molecular weight is 342 g/mol. The normalized spacial score (nSPS) is 11.0. The molecule has 1 heterocycles. The Morgan fingerprint density at radius 3 is 2.69 bits per heavy atom. The van der Waals surface area contributed by atoms with E-state index >= 15 is 0 Å². The number of nitrogens with zero attached hydrogens (tertiary/aromatic N) is 2. The zero-order valence-electron chi connectivity index (χ0n) is 8.10. The van der Waals surface area contributed by atoms with Crippen LogP contribution in [0.2, 0.25) is 0 Å². The van der Waals surface area contributed by atoms with E-state index in [1.54, 1.807) is 0 Å². The fourth-order valence-electron chi connectivity index (χ4n) is 1.11. The van der Waals surface area contributed by atoms with E-state index in [1.165, 1.54) is 6.92 Å². The molecule has 0 aromatic carbocycles. The number of hydrogen-bond acceptors (Lipinski definition) is 3. The lowest BCUT2D eigenvalue weighted by molar-refractivity contribution is -0.275. The number of pyridine rings is 1. The van der Waals surface area contributed by atoms with Gasteiger partial charge >= 0.3 is 6.36 Å². The Kier molecular flexibility index (Phi) is 3.96. The molecule has 0 bridgehead atoms. The van der Waals surface area contributed by atoms with Crippen molar-refractivity contribution in [2.24, 2.45) is 0 Å². The van der Waals surface area contributed by atoms with Crippen molar-refractivity contribution >= 4 is 22.6 Å². The van der Waals surface area contributed by atoms with E-state index in [-0.39, 0.29) is 12.2 Å². The smallest absolute Gasteiger partial charge is 0.404 e. The van der Waals surface area contributed by atoms with Gasteiger partial charge in [0.15, 0.2) is 5.75 Å². The van der Waals surface area contributed by atoms with Gasteiger partial charge in [-0.3, -0.25) is 0 Å². The van der Waals surface area contributed by atoms with Crippen LogP contribution in [0.4, 0.5) is 13.2 Å². The molecule has 0 aliphatic carbocycles. The van der Waals surface area contributed by atoms with Gasteiger partial charge in [-0.15, -0.1) is 13.2 Å². The van der Waals surface area contributed by atoms with E-state index in [1.807, 2.05) is 28.7 Å². The first kappa shape index (κ1) is 13.0. The summed E-state index contributed by atoms with van der Waals surface area (Å²) < 4.78 is 40.4. The molecule has 1 aromatic heterocycles. The number of rotatable bonds is 2. The molecule has 0 atom stereocenters. The highest BCUT2D eigenvalue weighted by Gasteiger charge is 2.32. The second-order valence-electron chi connectivity index (χ2n) is 2.90. The van der Waals surface area contributed by atoms with Crippen LogP contribution in [0.15, 0.2) is 6.20 Å². The molecule has 0 fully saturated rings. The van der Waals surface area contributed by atoms with Crippen molar-refractivity contribution in [3.63, 3.8) is 0 Å². The van der Waals surface area contributed by atoms with Crippen LogP contribution < -0.4 is 4.74 Å². The van der Waals surface area contributed by atoms with E-state index in [0.29, 0.717) is 14.8 Å². The Morgan fingerprint density at radius 2 is 2.19 bits per heavy atom. The van der Waals surface area contributed by atoms with Crippen molar-refractivity contribution in [2.45, 2.75) is 19.7 Å². The largest absolute Gasteiger partial charge is 0.573 e. The molecule has 0 spiro atoms. The Hall–Kier alpha value is -1.04. The van der Waals surface area contributed by atoms with Crippen LogP contribution in [-0.2, 0) is 6.42 Å². The second-order valence-corrected chi connectivity index (χ2v) is 3.92. The Balaban J connectivity index is 3.14. The molecule has 86 valence electrons. The summed E-state index contributed by atoms with van der Waals surface area (Å²) in [7, 11) is 0. The number of ether oxygens (including phenoxy) is 1. The maximum atomic E-state index is 12.0. The van der Waals surface area contributed by atoms with Crippen LogP contribution in [-0.4, -0.2) is 11.3 Å². The molecule has 7 heteroatoms. The van der Waals surface area contributed by atoms with Crippen LogP contribution >= 0.6 is 22.6 Å². The van der Waals surface area contributed by atoms with Gasteiger partial charge in [0.2, 0.25) is 0 Å². The monoisotopic (exact) mass is 342 g/mol. The van der Waals surface area contributed by atoms with Crippen molar-refractivity contribution in [2.75, 3.05) is 0 Å². The highest BCUT2D eigenvalue weighted by Crippen LogP contribution is 2.29. The molecule has 0 unspecified atom stereocenters. The zero-order chi connectivity index (χ0) is 12.3. The van der Waals surface area contributed by atoms with E-state index in [2.05, 4.69) is 9.72 Å². The number of halogens is 4. The molecule has 1 rings (SSSR count). The molecule has 16 heavy (non-hydrogen) atoms. The SMILES string of the molecule is Cc1c(OC(F)(F)F)cnc(I)c1CC#N. The maximum absolute atomic E-state index is 12.0. The molecule has 0 N–H and O–H groups in total. The van der Waals surface area contributed by atoms with Gasteiger partial charge < -0.3 is 4.74 Å². The van der Waals surface area contributed by atoms with Gasteiger partial charge in [0.05, 0.1) is 18.7 Å². The third-order valence-corrected chi connectivity index (χ3v) is 2.78. The number of hydrogen-bond donors (Lipinski definition) is 0. The first-order valence-corrected chi connectivity index (χ1v) is 5.19. The molecule has 3 nitrogen and oxygen atoms in total. The minimum atomic E-state index is -4.75. The molecule has 0 saturated heterocycles. The minimum Gasteiger partial charge on any atom is -0.404 e. The van der Waals surface area contributed by atoms with E-state index in [9.17, 15) is 13.2 Å². The van der Waals surface area contributed by atoms with E-state index < -0.39 is 6.36 Å². The van der Waals surface area contributed by atoms with Gasteiger partial charge in [-0.2, -0.15) is 5.26 Å². The minimum absolute atomic E-state index is 0.00611. The Morgan fingerprint density at radius 1 is 1.56 bits per heavy atom. The van der Waals surface area contributed by atoms with Gasteiger partial charge in [-0.25, -0.2) is 4.98 Å². The van der Waals surface area contributed by atoms with Crippen molar-refractivity contribution in [3.8, 4) is 11.8 Å². The van der Waals surface area contributed by atoms with Gasteiger partial charge in [0.1, 0.15) is 3.70 Å². The summed E-state index contributed by atoms with van der Waals surface area (Å²) in [5.74, 6) is -0.363. The predicted molar refractivity (Wildman–Crippen MR) is 57.7 cm³/mol. The first-order chi connectivity index (χ1) is 7.35.